The topological polar surface area (TPSA) is 38.3 Å². The van der Waals surface area contributed by atoms with Gasteiger partial charge in [0.2, 0.25) is 5.78 Å². The molecular weight excluding hydrogens is 355 g/mol. The van der Waals surface area contributed by atoms with E-state index in [9.17, 15) is 18.0 Å². The summed E-state index contributed by atoms with van der Waals surface area (Å²) in [6.45, 7) is 0. The van der Waals surface area contributed by atoms with Crippen LogP contribution in [0.25, 0.3) is 5.57 Å². The third-order valence-corrected chi connectivity index (χ3v) is 4.17. The lowest BCUT2D eigenvalue weighted by atomic mass is 9.96. The Bertz CT molecular complexity index is 847. The van der Waals surface area contributed by atoms with E-state index in [0.717, 1.165) is 12.1 Å². The minimum absolute atomic E-state index is 0.0681. The van der Waals surface area contributed by atoms with E-state index in [1.54, 1.807) is 30.3 Å². The van der Waals surface area contributed by atoms with Crippen molar-refractivity contribution in [2.24, 2.45) is 0 Å². The second kappa shape index (κ2) is 6.44. The van der Waals surface area contributed by atoms with E-state index in [1.165, 1.54) is 13.1 Å². The van der Waals surface area contributed by atoms with Crippen molar-refractivity contribution < 1.29 is 22.7 Å². The van der Waals surface area contributed by atoms with E-state index in [0.29, 0.717) is 5.56 Å². The fourth-order valence-corrected chi connectivity index (χ4v) is 2.90. The SMILES string of the molecule is CNC1=C(c2ccc(Cl)c(C(F)(F)F)c2)C(=O)C(c2ccccc2)O1. The standard InChI is InChI=1S/C18H13ClF3NO2/c1-23-17-14(11-7-8-13(19)12(9-11)18(20,21)22)15(24)16(25-17)10-5-3-2-4-6-10/h2-9,16,23H,1H3. The lowest BCUT2D eigenvalue weighted by Gasteiger charge is -2.11. The second-order valence-corrected chi connectivity index (χ2v) is 5.83. The molecule has 1 aliphatic heterocycles. The van der Waals surface area contributed by atoms with E-state index >= 15 is 0 Å². The van der Waals surface area contributed by atoms with Crippen LogP contribution in [-0.2, 0) is 15.7 Å². The molecule has 1 atom stereocenters. The minimum atomic E-state index is -4.62. The summed E-state index contributed by atoms with van der Waals surface area (Å²) in [5.41, 5.74) is -0.200. The zero-order chi connectivity index (χ0) is 18.2. The van der Waals surface area contributed by atoms with Crippen molar-refractivity contribution in [2.45, 2.75) is 12.3 Å². The number of Topliss-reactive ketones (excluding diaryl/α,β-unsaturated/α-hetero) is 1. The van der Waals surface area contributed by atoms with E-state index in [2.05, 4.69) is 5.32 Å². The van der Waals surface area contributed by atoms with Gasteiger partial charge in [-0.1, -0.05) is 48.0 Å². The maximum atomic E-state index is 13.1. The summed E-state index contributed by atoms with van der Waals surface area (Å²) < 4.78 is 44.9. The first-order valence-corrected chi connectivity index (χ1v) is 7.75. The van der Waals surface area contributed by atoms with Gasteiger partial charge in [-0.25, -0.2) is 0 Å². The highest BCUT2D eigenvalue weighted by Gasteiger charge is 2.39. The van der Waals surface area contributed by atoms with Crippen molar-refractivity contribution in [3.05, 3.63) is 76.1 Å². The maximum Gasteiger partial charge on any atom is 0.417 e. The molecule has 2 aromatic rings. The predicted molar refractivity (Wildman–Crippen MR) is 87.7 cm³/mol. The predicted octanol–water partition coefficient (Wildman–Crippen LogP) is 4.59. The molecule has 0 fully saturated rings. The summed E-state index contributed by atoms with van der Waals surface area (Å²) in [5.74, 6) is -0.278. The summed E-state index contributed by atoms with van der Waals surface area (Å²) in [7, 11) is 1.54. The van der Waals surface area contributed by atoms with Crippen molar-refractivity contribution in [1.29, 1.82) is 0 Å². The average molecular weight is 368 g/mol. The molecule has 1 unspecified atom stereocenters. The van der Waals surface area contributed by atoms with Gasteiger partial charge in [-0.3, -0.25) is 4.79 Å². The molecule has 0 saturated heterocycles. The Kier molecular flexibility index (Phi) is 4.47. The second-order valence-electron chi connectivity index (χ2n) is 5.42. The maximum absolute atomic E-state index is 13.1. The Morgan fingerprint density at radius 2 is 1.80 bits per heavy atom. The molecule has 130 valence electrons. The molecule has 0 spiro atoms. The van der Waals surface area contributed by atoms with Gasteiger partial charge in [-0.2, -0.15) is 13.2 Å². The number of hydrogen-bond donors (Lipinski definition) is 1. The van der Waals surface area contributed by atoms with Crippen molar-refractivity contribution >= 4 is 23.0 Å². The zero-order valence-corrected chi connectivity index (χ0v) is 13.8. The largest absolute Gasteiger partial charge is 0.462 e. The van der Waals surface area contributed by atoms with Crippen LogP contribution in [-0.4, -0.2) is 12.8 Å². The van der Waals surface area contributed by atoms with Gasteiger partial charge in [0, 0.05) is 12.6 Å². The van der Waals surface area contributed by atoms with Gasteiger partial charge >= 0.3 is 6.18 Å². The van der Waals surface area contributed by atoms with E-state index in [1.807, 2.05) is 0 Å². The Morgan fingerprint density at radius 3 is 2.40 bits per heavy atom. The van der Waals surface area contributed by atoms with Crippen LogP contribution >= 0.6 is 11.6 Å². The molecule has 3 nitrogen and oxygen atoms in total. The van der Waals surface area contributed by atoms with Gasteiger partial charge < -0.3 is 10.1 Å². The molecular formula is C18H13ClF3NO2. The minimum Gasteiger partial charge on any atom is -0.462 e. The van der Waals surface area contributed by atoms with Gasteiger partial charge in [0.05, 0.1) is 16.2 Å². The molecule has 2 aromatic carbocycles. The quantitative estimate of drug-likeness (QED) is 0.862. The smallest absolute Gasteiger partial charge is 0.417 e. The highest BCUT2D eigenvalue weighted by atomic mass is 35.5. The van der Waals surface area contributed by atoms with Crippen LogP contribution in [0.15, 0.2) is 54.4 Å². The Labute approximate surface area is 147 Å². The van der Waals surface area contributed by atoms with Crippen LogP contribution in [0.2, 0.25) is 5.02 Å². The highest BCUT2D eigenvalue weighted by Crippen LogP contribution is 2.40. The Morgan fingerprint density at radius 1 is 1.12 bits per heavy atom. The number of hydrogen-bond acceptors (Lipinski definition) is 3. The van der Waals surface area contributed by atoms with Crippen LogP contribution in [0.4, 0.5) is 13.2 Å². The molecule has 7 heteroatoms. The summed E-state index contributed by atoms with van der Waals surface area (Å²) in [6.07, 6.45) is -5.52. The first-order valence-electron chi connectivity index (χ1n) is 7.38. The van der Waals surface area contributed by atoms with Gasteiger partial charge in [-0.15, -0.1) is 0 Å². The Hall–Kier alpha value is -2.47. The van der Waals surface area contributed by atoms with E-state index in [-0.39, 0.29) is 17.0 Å². The molecule has 0 saturated carbocycles. The molecule has 1 aliphatic rings. The van der Waals surface area contributed by atoms with Crippen molar-refractivity contribution in [1.82, 2.24) is 5.32 Å². The lowest BCUT2D eigenvalue weighted by molar-refractivity contribution is -0.137. The van der Waals surface area contributed by atoms with Gasteiger partial charge in [0.1, 0.15) is 0 Å². The number of alkyl halides is 3. The molecule has 0 bridgehead atoms. The average Bonchev–Trinajstić information content (AvgIpc) is 2.92. The van der Waals surface area contributed by atoms with Crippen molar-refractivity contribution in [2.75, 3.05) is 7.05 Å². The summed E-state index contributed by atoms with van der Waals surface area (Å²) in [5, 5.41) is 2.32. The molecule has 0 amide bonds. The monoisotopic (exact) mass is 367 g/mol. The van der Waals surface area contributed by atoms with Crippen molar-refractivity contribution in [3.8, 4) is 0 Å². The van der Waals surface area contributed by atoms with Gasteiger partial charge in [0.25, 0.3) is 0 Å². The fraction of sp³-hybridized carbons (Fsp3) is 0.167. The number of nitrogens with one attached hydrogen (secondary N) is 1. The lowest BCUT2D eigenvalue weighted by Crippen LogP contribution is -2.10. The summed E-state index contributed by atoms with van der Waals surface area (Å²) in [6, 6.07) is 12.1. The number of halogens is 4. The van der Waals surface area contributed by atoms with Crippen LogP contribution in [0.1, 0.15) is 22.8 Å². The van der Waals surface area contributed by atoms with Crippen molar-refractivity contribution in [3.63, 3.8) is 0 Å². The molecule has 0 radical (unpaired) electrons. The summed E-state index contributed by atoms with van der Waals surface area (Å²) >= 11 is 5.65. The molecule has 0 aliphatic carbocycles. The first-order chi connectivity index (χ1) is 11.8. The first kappa shape index (κ1) is 17.4. The molecule has 25 heavy (non-hydrogen) atoms. The number of benzene rings is 2. The number of carbonyl (C=O) groups excluding carboxylic acids is 1. The van der Waals surface area contributed by atoms with Gasteiger partial charge in [0.15, 0.2) is 12.0 Å². The molecule has 1 N–H and O–H groups in total. The Balaban J connectivity index is 2.05. The third-order valence-electron chi connectivity index (χ3n) is 3.84. The molecule has 0 aromatic heterocycles. The summed E-state index contributed by atoms with van der Waals surface area (Å²) in [4.78, 5) is 12.8. The van der Waals surface area contributed by atoms with Crippen LogP contribution < -0.4 is 5.32 Å². The van der Waals surface area contributed by atoms with Gasteiger partial charge in [-0.05, 0) is 17.7 Å². The van der Waals surface area contributed by atoms with Crippen LogP contribution in [0.5, 0.6) is 0 Å². The number of carbonyl (C=O) groups is 1. The number of ketones is 1. The fourth-order valence-electron chi connectivity index (χ4n) is 2.68. The molecule has 3 rings (SSSR count). The van der Waals surface area contributed by atoms with E-state index < -0.39 is 28.6 Å². The molecule has 1 heterocycles. The van der Waals surface area contributed by atoms with Crippen LogP contribution in [0, 0.1) is 0 Å². The van der Waals surface area contributed by atoms with E-state index in [4.69, 9.17) is 16.3 Å². The van der Waals surface area contributed by atoms with Crippen LogP contribution in [0.3, 0.4) is 0 Å². The zero-order valence-electron chi connectivity index (χ0n) is 13.0. The third kappa shape index (κ3) is 3.22. The number of rotatable bonds is 3. The highest BCUT2D eigenvalue weighted by molar-refractivity contribution is 6.31. The normalized spacial score (nSPS) is 17.6. The number of ether oxygens (including phenoxy) is 1.